The molecule has 0 aliphatic rings. The fraction of sp³-hybridized carbons (Fsp3) is 0.385. The van der Waals surface area contributed by atoms with Crippen LogP contribution in [0.25, 0.3) is 10.9 Å². The van der Waals surface area contributed by atoms with Crippen molar-refractivity contribution in [3.05, 3.63) is 34.5 Å². The van der Waals surface area contributed by atoms with E-state index in [0.717, 1.165) is 6.07 Å². The van der Waals surface area contributed by atoms with Crippen LogP contribution in [0.5, 0.6) is 0 Å². The molecule has 0 aliphatic heterocycles. The summed E-state index contributed by atoms with van der Waals surface area (Å²) in [5.41, 5.74) is 0.220. The minimum absolute atomic E-state index is 0.128. The van der Waals surface area contributed by atoms with Crippen LogP contribution in [0.1, 0.15) is 31.0 Å². The van der Waals surface area contributed by atoms with E-state index in [9.17, 15) is 13.2 Å². The number of aromatic nitrogens is 1. The summed E-state index contributed by atoms with van der Waals surface area (Å²) in [6.45, 7) is 5.37. The SMILES string of the molecule is Cc1c(Cl)n(C(C)C)c2c(C(F)(F)F)cccc12. The average Bonchev–Trinajstić information content (AvgIpc) is 2.50. The zero-order valence-corrected chi connectivity index (χ0v) is 11.0. The number of rotatable bonds is 1. The van der Waals surface area contributed by atoms with Gasteiger partial charge < -0.3 is 4.57 Å². The molecule has 0 aliphatic carbocycles. The Balaban J connectivity index is 2.95. The zero-order chi connectivity index (χ0) is 13.7. The molecule has 1 aromatic heterocycles. The Morgan fingerprint density at radius 2 is 1.83 bits per heavy atom. The molecule has 0 spiro atoms. The van der Waals surface area contributed by atoms with Gasteiger partial charge in [-0.3, -0.25) is 0 Å². The fourth-order valence-electron chi connectivity index (χ4n) is 2.21. The lowest BCUT2D eigenvalue weighted by molar-refractivity contribution is -0.136. The Bertz CT molecular complexity index is 596. The fourth-order valence-corrected chi connectivity index (χ4v) is 2.59. The van der Waals surface area contributed by atoms with Gasteiger partial charge in [-0.1, -0.05) is 23.7 Å². The summed E-state index contributed by atoms with van der Waals surface area (Å²) in [6.07, 6.45) is -4.37. The molecule has 1 nitrogen and oxygen atoms in total. The lowest BCUT2D eigenvalue weighted by Crippen LogP contribution is -2.10. The second kappa shape index (κ2) is 4.19. The lowest BCUT2D eigenvalue weighted by atomic mass is 10.1. The van der Waals surface area contributed by atoms with E-state index in [2.05, 4.69) is 0 Å². The van der Waals surface area contributed by atoms with E-state index >= 15 is 0 Å². The number of alkyl halides is 3. The Kier molecular flexibility index (Phi) is 3.09. The van der Waals surface area contributed by atoms with Crippen LogP contribution in [0, 0.1) is 6.92 Å². The quantitative estimate of drug-likeness (QED) is 0.674. The molecule has 0 radical (unpaired) electrons. The molecule has 0 amide bonds. The Morgan fingerprint density at radius 3 is 2.33 bits per heavy atom. The number of nitrogens with zero attached hydrogens (tertiary/aromatic N) is 1. The predicted octanol–water partition coefficient (Wildman–Crippen LogP) is 5.20. The molecule has 5 heteroatoms. The highest BCUT2D eigenvalue weighted by Crippen LogP contribution is 2.40. The van der Waals surface area contributed by atoms with Gasteiger partial charge in [-0.2, -0.15) is 13.2 Å². The summed E-state index contributed by atoms with van der Waals surface area (Å²) in [4.78, 5) is 0. The van der Waals surface area contributed by atoms with Gasteiger partial charge >= 0.3 is 6.18 Å². The zero-order valence-electron chi connectivity index (χ0n) is 10.3. The summed E-state index contributed by atoms with van der Waals surface area (Å²) in [5, 5.41) is 0.931. The minimum Gasteiger partial charge on any atom is -0.328 e. The summed E-state index contributed by atoms with van der Waals surface area (Å²) in [6, 6.07) is 4.05. The van der Waals surface area contributed by atoms with Crippen molar-refractivity contribution >= 4 is 22.5 Å². The second-order valence-corrected chi connectivity index (χ2v) is 4.94. The highest BCUT2D eigenvalue weighted by molar-refractivity contribution is 6.32. The van der Waals surface area contributed by atoms with Crippen molar-refractivity contribution in [2.75, 3.05) is 0 Å². The Labute approximate surface area is 108 Å². The molecular weight excluding hydrogens is 263 g/mol. The maximum absolute atomic E-state index is 13.0. The molecule has 0 N–H and O–H groups in total. The van der Waals surface area contributed by atoms with Gasteiger partial charge in [0.15, 0.2) is 0 Å². The summed E-state index contributed by atoms with van der Waals surface area (Å²) >= 11 is 6.15. The molecule has 0 unspecified atom stereocenters. The molecule has 0 saturated carbocycles. The number of fused-ring (bicyclic) bond motifs is 1. The van der Waals surface area contributed by atoms with E-state index in [1.165, 1.54) is 10.6 Å². The van der Waals surface area contributed by atoms with Gasteiger partial charge in [0.1, 0.15) is 5.15 Å². The smallest absolute Gasteiger partial charge is 0.328 e. The molecule has 98 valence electrons. The van der Waals surface area contributed by atoms with Gasteiger partial charge in [0.05, 0.1) is 11.1 Å². The highest BCUT2D eigenvalue weighted by Gasteiger charge is 2.35. The van der Waals surface area contributed by atoms with Crippen LogP contribution in [-0.4, -0.2) is 4.57 Å². The molecule has 1 heterocycles. The number of benzene rings is 1. The van der Waals surface area contributed by atoms with E-state index in [1.807, 2.05) is 13.8 Å². The first-order valence-electron chi connectivity index (χ1n) is 5.61. The average molecular weight is 276 g/mol. The highest BCUT2D eigenvalue weighted by atomic mass is 35.5. The van der Waals surface area contributed by atoms with Gasteiger partial charge in [-0.25, -0.2) is 0 Å². The summed E-state index contributed by atoms with van der Waals surface area (Å²) in [7, 11) is 0. The maximum Gasteiger partial charge on any atom is 0.418 e. The normalized spacial score (nSPS) is 12.7. The van der Waals surface area contributed by atoms with Crippen LogP contribution in [0.3, 0.4) is 0 Å². The molecule has 0 bridgehead atoms. The van der Waals surface area contributed by atoms with E-state index in [1.54, 1.807) is 13.0 Å². The predicted molar refractivity (Wildman–Crippen MR) is 67.1 cm³/mol. The number of hydrogen-bond acceptors (Lipinski definition) is 0. The van der Waals surface area contributed by atoms with Gasteiger partial charge in [0, 0.05) is 11.4 Å². The van der Waals surface area contributed by atoms with Crippen molar-refractivity contribution in [3.63, 3.8) is 0 Å². The second-order valence-electron chi connectivity index (χ2n) is 4.58. The van der Waals surface area contributed by atoms with Crippen molar-refractivity contribution in [1.29, 1.82) is 0 Å². The topological polar surface area (TPSA) is 4.93 Å². The standard InChI is InChI=1S/C13H13ClF3N/c1-7(2)18-11-9(8(3)12(18)14)5-4-6-10(11)13(15,16)17/h4-7H,1-3H3. The summed E-state index contributed by atoms with van der Waals surface area (Å²) < 4.78 is 40.7. The van der Waals surface area contributed by atoms with Crippen molar-refractivity contribution < 1.29 is 13.2 Å². The third-order valence-electron chi connectivity index (χ3n) is 3.02. The van der Waals surface area contributed by atoms with Crippen molar-refractivity contribution in [2.24, 2.45) is 0 Å². The molecule has 0 atom stereocenters. The van der Waals surface area contributed by atoms with Crippen molar-refractivity contribution in [2.45, 2.75) is 33.0 Å². The van der Waals surface area contributed by atoms with Crippen molar-refractivity contribution in [3.8, 4) is 0 Å². The van der Waals surface area contributed by atoms with E-state index in [4.69, 9.17) is 11.6 Å². The van der Waals surface area contributed by atoms with E-state index < -0.39 is 11.7 Å². The van der Waals surface area contributed by atoms with Gasteiger partial charge in [-0.15, -0.1) is 0 Å². The van der Waals surface area contributed by atoms with Crippen LogP contribution < -0.4 is 0 Å². The van der Waals surface area contributed by atoms with Crippen LogP contribution in [-0.2, 0) is 6.18 Å². The molecule has 2 aromatic rings. The first-order chi connectivity index (χ1) is 8.25. The number of halogens is 4. The monoisotopic (exact) mass is 275 g/mol. The van der Waals surface area contributed by atoms with Crippen LogP contribution in [0.2, 0.25) is 5.15 Å². The van der Waals surface area contributed by atoms with Crippen LogP contribution in [0.15, 0.2) is 18.2 Å². The molecule has 0 fully saturated rings. The molecular formula is C13H13ClF3N. The molecule has 0 saturated heterocycles. The maximum atomic E-state index is 13.0. The lowest BCUT2D eigenvalue weighted by Gasteiger charge is -2.15. The number of aryl methyl sites for hydroxylation is 1. The Hall–Kier alpha value is -1.16. The minimum atomic E-state index is -4.37. The Morgan fingerprint density at radius 1 is 1.22 bits per heavy atom. The molecule has 2 rings (SSSR count). The van der Waals surface area contributed by atoms with Gasteiger partial charge in [0.2, 0.25) is 0 Å². The van der Waals surface area contributed by atoms with Crippen LogP contribution in [0.4, 0.5) is 13.2 Å². The van der Waals surface area contributed by atoms with Crippen LogP contribution >= 0.6 is 11.6 Å². The van der Waals surface area contributed by atoms with Gasteiger partial charge in [-0.05, 0) is 32.4 Å². The third kappa shape index (κ3) is 1.88. The first-order valence-corrected chi connectivity index (χ1v) is 5.99. The third-order valence-corrected chi connectivity index (χ3v) is 3.49. The number of hydrogen-bond donors (Lipinski definition) is 0. The van der Waals surface area contributed by atoms with E-state index in [0.29, 0.717) is 16.1 Å². The largest absolute Gasteiger partial charge is 0.418 e. The number of para-hydroxylation sites is 1. The van der Waals surface area contributed by atoms with E-state index in [-0.39, 0.29) is 11.6 Å². The first kappa shape index (κ1) is 13.3. The van der Waals surface area contributed by atoms with Crippen molar-refractivity contribution in [1.82, 2.24) is 4.57 Å². The molecule has 18 heavy (non-hydrogen) atoms. The van der Waals surface area contributed by atoms with Gasteiger partial charge in [0.25, 0.3) is 0 Å². The summed E-state index contributed by atoms with van der Waals surface area (Å²) in [5.74, 6) is 0. The molecule has 1 aromatic carbocycles.